The molecule has 6 N–H and O–H groups in total. The first-order valence-electron chi connectivity index (χ1n) is 5.52. The summed E-state index contributed by atoms with van der Waals surface area (Å²) in [5, 5.41) is 25.8. The van der Waals surface area contributed by atoms with E-state index in [1.165, 1.54) is 0 Å². The molecule has 0 amide bonds. The molecular formula is C10H16NO8P. The molecule has 0 radical (unpaired) electrons. The van der Waals surface area contributed by atoms with Crippen LogP contribution in [0, 0.1) is 0 Å². The van der Waals surface area contributed by atoms with Crippen molar-refractivity contribution in [2.45, 2.75) is 25.3 Å². The van der Waals surface area contributed by atoms with Crippen LogP contribution in [0.5, 0.6) is 0 Å². The highest BCUT2D eigenvalue weighted by atomic mass is 31.2. The molecule has 0 bridgehead atoms. The minimum absolute atomic E-state index is 0.300. The SMILES string of the molecule is NC(CCP(=O)(O)/C=C(\CCC(=O)O)C(=O)O)C(=O)O. The molecule has 114 valence electrons. The molecule has 9 nitrogen and oxygen atoms in total. The average molecular weight is 309 g/mol. The molecule has 0 spiro atoms. The van der Waals surface area contributed by atoms with Gasteiger partial charge in [0.2, 0.25) is 7.37 Å². The fraction of sp³-hybridized carbons (Fsp3) is 0.500. The molecule has 10 heteroatoms. The van der Waals surface area contributed by atoms with E-state index >= 15 is 0 Å². The zero-order valence-corrected chi connectivity index (χ0v) is 11.3. The van der Waals surface area contributed by atoms with Gasteiger partial charge in [-0.05, 0) is 12.8 Å². The van der Waals surface area contributed by atoms with Gasteiger partial charge in [0.1, 0.15) is 6.04 Å². The topological polar surface area (TPSA) is 175 Å². The van der Waals surface area contributed by atoms with Gasteiger partial charge in [-0.2, -0.15) is 0 Å². The lowest BCUT2D eigenvalue weighted by Gasteiger charge is -2.11. The minimum atomic E-state index is -4.04. The molecule has 2 atom stereocenters. The largest absolute Gasteiger partial charge is 0.481 e. The van der Waals surface area contributed by atoms with Crippen LogP contribution < -0.4 is 5.73 Å². The van der Waals surface area contributed by atoms with Gasteiger partial charge in [0, 0.05) is 24.0 Å². The summed E-state index contributed by atoms with van der Waals surface area (Å²) < 4.78 is 11.7. The number of carbonyl (C=O) groups is 3. The summed E-state index contributed by atoms with van der Waals surface area (Å²) in [5.74, 6) is -3.48. The van der Waals surface area contributed by atoms with Crippen molar-refractivity contribution in [3.05, 3.63) is 11.4 Å². The van der Waals surface area contributed by atoms with Gasteiger partial charge in [-0.1, -0.05) is 0 Å². The van der Waals surface area contributed by atoms with Crippen LogP contribution in [0.2, 0.25) is 0 Å². The predicted molar refractivity (Wildman–Crippen MR) is 67.5 cm³/mol. The van der Waals surface area contributed by atoms with E-state index in [1.807, 2.05) is 0 Å². The van der Waals surface area contributed by atoms with Crippen LogP contribution in [0.3, 0.4) is 0 Å². The normalized spacial score (nSPS) is 16.2. The molecule has 0 aliphatic rings. The van der Waals surface area contributed by atoms with E-state index in [1.54, 1.807) is 0 Å². The van der Waals surface area contributed by atoms with Gasteiger partial charge < -0.3 is 25.9 Å². The highest BCUT2D eigenvalue weighted by Crippen LogP contribution is 2.44. The van der Waals surface area contributed by atoms with Crippen molar-refractivity contribution in [2.24, 2.45) is 5.73 Å². The Labute approximate surface area is 114 Å². The number of carboxylic acids is 3. The molecule has 2 unspecified atom stereocenters. The molecule has 0 aromatic heterocycles. The monoisotopic (exact) mass is 309 g/mol. The smallest absolute Gasteiger partial charge is 0.331 e. The van der Waals surface area contributed by atoms with Crippen molar-refractivity contribution in [3.63, 3.8) is 0 Å². The molecule has 0 fully saturated rings. The Morgan fingerprint density at radius 3 is 2.10 bits per heavy atom. The molecule has 20 heavy (non-hydrogen) atoms. The molecule has 0 aliphatic carbocycles. The van der Waals surface area contributed by atoms with Crippen LogP contribution in [0.25, 0.3) is 0 Å². The van der Waals surface area contributed by atoms with Gasteiger partial charge in [-0.3, -0.25) is 14.2 Å². The lowest BCUT2D eigenvalue weighted by molar-refractivity contribution is -0.139. The molecule has 0 rings (SSSR count). The quantitative estimate of drug-likeness (QED) is 0.287. The van der Waals surface area contributed by atoms with Crippen LogP contribution in [-0.2, 0) is 18.9 Å². The molecule has 0 saturated carbocycles. The maximum atomic E-state index is 11.7. The zero-order chi connectivity index (χ0) is 15.9. The summed E-state index contributed by atoms with van der Waals surface area (Å²) >= 11 is 0. The Hall–Kier alpha value is -1.70. The molecule has 0 aromatic rings. The van der Waals surface area contributed by atoms with Gasteiger partial charge in [-0.25, -0.2) is 4.79 Å². The second-order valence-electron chi connectivity index (χ2n) is 4.07. The highest BCUT2D eigenvalue weighted by molar-refractivity contribution is 7.61. The fourth-order valence-electron chi connectivity index (χ4n) is 1.22. The summed E-state index contributed by atoms with van der Waals surface area (Å²) in [6, 6.07) is -1.32. The van der Waals surface area contributed by atoms with Crippen LogP contribution in [0.4, 0.5) is 0 Å². The van der Waals surface area contributed by atoms with Crippen LogP contribution in [-0.4, -0.2) is 50.3 Å². The summed E-state index contributed by atoms with van der Waals surface area (Å²) in [4.78, 5) is 41.2. The number of nitrogens with two attached hydrogens (primary N) is 1. The van der Waals surface area contributed by atoms with Crippen molar-refractivity contribution in [1.29, 1.82) is 0 Å². The first-order chi connectivity index (χ1) is 9.05. The average Bonchev–Trinajstić information content (AvgIpc) is 2.30. The minimum Gasteiger partial charge on any atom is -0.481 e. The summed E-state index contributed by atoms with van der Waals surface area (Å²) in [6.45, 7) is 0. The molecule has 0 saturated heterocycles. The summed E-state index contributed by atoms with van der Waals surface area (Å²) in [7, 11) is -4.04. The summed E-state index contributed by atoms with van der Waals surface area (Å²) in [5.41, 5.74) is 4.67. The Morgan fingerprint density at radius 1 is 1.15 bits per heavy atom. The Kier molecular flexibility index (Phi) is 7.12. The Morgan fingerprint density at radius 2 is 1.70 bits per heavy atom. The van der Waals surface area contributed by atoms with Gasteiger partial charge in [0.05, 0.1) is 0 Å². The maximum Gasteiger partial charge on any atom is 0.331 e. The van der Waals surface area contributed by atoms with Crippen molar-refractivity contribution in [2.75, 3.05) is 6.16 Å². The van der Waals surface area contributed by atoms with Crippen LogP contribution >= 0.6 is 7.37 Å². The van der Waals surface area contributed by atoms with Crippen molar-refractivity contribution in [3.8, 4) is 0 Å². The lowest BCUT2D eigenvalue weighted by atomic mass is 10.2. The van der Waals surface area contributed by atoms with Crippen LogP contribution in [0.1, 0.15) is 19.3 Å². The van der Waals surface area contributed by atoms with E-state index < -0.39 is 55.9 Å². The number of aliphatic carboxylic acids is 3. The summed E-state index contributed by atoms with van der Waals surface area (Å²) in [6.07, 6.45) is -1.69. The maximum absolute atomic E-state index is 11.7. The van der Waals surface area contributed by atoms with Gasteiger partial charge in [-0.15, -0.1) is 0 Å². The molecule has 0 aromatic carbocycles. The van der Waals surface area contributed by atoms with Gasteiger partial charge >= 0.3 is 17.9 Å². The third-order valence-electron chi connectivity index (χ3n) is 2.32. The van der Waals surface area contributed by atoms with Gasteiger partial charge in [0.15, 0.2) is 0 Å². The van der Waals surface area contributed by atoms with Crippen molar-refractivity contribution < 1.29 is 39.2 Å². The number of hydrogen-bond donors (Lipinski definition) is 5. The molecule has 0 heterocycles. The van der Waals surface area contributed by atoms with E-state index in [4.69, 9.17) is 21.1 Å². The van der Waals surface area contributed by atoms with E-state index in [0.29, 0.717) is 5.82 Å². The number of hydrogen-bond acceptors (Lipinski definition) is 5. The second-order valence-corrected chi connectivity index (χ2v) is 6.28. The third kappa shape index (κ3) is 7.67. The van der Waals surface area contributed by atoms with E-state index in [0.717, 1.165) is 0 Å². The van der Waals surface area contributed by atoms with Gasteiger partial charge in [0.25, 0.3) is 0 Å². The van der Waals surface area contributed by atoms with Crippen molar-refractivity contribution in [1.82, 2.24) is 0 Å². The van der Waals surface area contributed by atoms with E-state index in [-0.39, 0.29) is 6.42 Å². The van der Waals surface area contributed by atoms with Crippen LogP contribution in [0.15, 0.2) is 11.4 Å². The zero-order valence-electron chi connectivity index (χ0n) is 10.4. The first-order valence-corrected chi connectivity index (χ1v) is 7.43. The standard InChI is InChI=1S/C10H16NO8P/c11-7(10(16)17)3-4-20(18,19)5-6(9(14)15)1-2-8(12)13/h5,7H,1-4,11H2,(H,12,13)(H,14,15)(H,16,17)(H,18,19)/b6-5+. The second kappa shape index (κ2) is 7.78. The highest BCUT2D eigenvalue weighted by Gasteiger charge is 2.22. The Balaban J connectivity index is 4.82. The predicted octanol–water partition coefficient (Wildman–Crippen LogP) is -0.108. The van der Waals surface area contributed by atoms with E-state index in [2.05, 4.69) is 0 Å². The van der Waals surface area contributed by atoms with Crippen molar-refractivity contribution >= 4 is 25.3 Å². The molecular weight excluding hydrogens is 293 g/mol. The Bertz CT molecular complexity index is 472. The lowest BCUT2D eigenvalue weighted by Crippen LogP contribution is -2.30. The molecule has 0 aliphatic heterocycles. The number of rotatable bonds is 9. The fourth-order valence-corrected chi connectivity index (χ4v) is 2.73. The van der Waals surface area contributed by atoms with E-state index in [9.17, 15) is 23.8 Å². The number of carboxylic acid groups (broad SMARTS) is 3. The first kappa shape index (κ1) is 18.3. The third-order valence-corrected chi connectivity index (χ3v) is 3.93.